The number of nitriles is 1. The van der Waals surface area contributed by atoms with Gasteiger partial charge in [-0.05, 0) is 72.3 Å². The number of nitrogens with zero attached hydrogens (tertiary/aromatic N) is 3. The number of aromatic carboxylic acids is 1. The van der Waals surface area contributed by atoms with Gasteiger partial charge in [0.25, 0.3) is 10.0 Å². The molecule has 0 aliphatic heterocycles. The minimum Gasteiger partial charge on any atom is -0.478 e. The Morgan fingerprint density at radius 3 is 2.28 bits per heavy atom. The van der Waals surface area contributed by atoms with Crippen molar-refractivity contribution in [1.82, 2.24) is 3.97 Å². The summed E-state index contributed by atoms with van der Waals surface area (Å²) in [6, 6.07) is 26.8. The van der Waals surface area contributed by atoms with Crippen molar-refractivity contribution in [3.8, 4) is 39.6 Å². The van der Waals surface area contributed by atoms with Crippen LogP contribution in [0.2, 0.25) is 10.0 Å². The van der Waals surface area contributed by atoms with Crippen molar-refractivity contribution in [3.05, 3.63) is 142 Å². The molecule has 46 heavy (non-hydrogen) atoms. The van der Waals surface area contributed by atoms with Crippen LogP contribution in [0.15, 0.2) is 108 Å². The first kappa shape index (κ1) is 30.6. The minimum atomic E-state index is -4.42. The summed E-state index contributed by atoms with van der Waals surface area (Å²) in [5.74, 6) is -1.80. The number of aromatic nitrogens is 1. The van der Waals surface area contributed by atoms with E-state index in [4.69, 9.17) is 29.8 Å². The molecular formula is C35H18Cl2FN3O4S. The van der Waals surface area contributed by atoms with Gasteiger partial charge in [0.1, 0.15) is 5.82 Å². The van der Waals surface area contributed by atoms with Crippen molar-refractivity contribution >= 4 is 55.8 Å². The van der Waals surface area contributed by atoms with Gasteiger partial charge in [0.2, 0.25) is 0 Å². The summed E-state index contributed by atoms with van der Waals surface area (Å²) in [5, 5.41) is 20.2. The van der Waals surface area contributed by atoms with Crippen LogP contribution in [0.3, 0.4) is 0 Å². The second-order valence-electron chi connectivity index (χ2n) is 10.1. The lowest BCUT2D eigenvalue weighted by molar-refractivity contribution is 0.0697. The van der Waals surface area contributed by atoms with Crippen molar-refractivity contribution in [2.24, 2.45) is 0 Å². The van der Waals surface area contributed by atoms with Crippen LogP contribution < -0.4 is 0 Å². The first-order valence-electron chi connectivity index (χ1n) is 13.4. The van der Waals surface area contributed by atoms with E-state index < -0.39 is 21.8 Å². The van der Waals surface area contributed by atoms with Crippen LogP contribution in [0.4, 0.5) is 10.1 Å². The third-order valence-electron chi connectivity index (χ3n) is 7.43. The fourth-order valence-electron chi connectivity index (χ4n) is 5.42. The average molecular weight is 667 g/mol. The molecule has 1 N–H and O–H groups in total. The summed E-state index contributed by atoms with van der Waals surface area (Å²) in [6.45, 7) is 7.88. The molecule has 1 heterocycles. The summed E-state index contributed by atoms with van der Waals surface area (Å²) in [4.78, 5) is 15.0. The lowest BCUT2D eigenvalue weighted by atomic mass is 9.92. The number of hydrogen-bond donors (Lipinski definition) is 1. The van der Waals surface area contributed by atoms with Gasteiger partial charge in [0, 0.05) is 43.2 Å². The summed E-state index contributed by atoms with van der Waals surface area (Å²) in [6.07, 6.45) is 0. The fourth-order valence-corrected chi connectivity index (χ4v) is 7.38. The van der Waals surface area contributed by atoms with Crippen molar-refractivity contribution in [2.75, 3.05) is 0 Å². The third-order valence-corrected chi connectivity index (χ3v) is 9.73. The van der Waals surface area contributed by atoms with Crippen LogP contribution in [0.5, 0.6) is 0 Å². The number of halogens is 3. The Morgan fingerprint density at radius 2 is 1.61 bits per heavy atom. The van der Waals surface area contributed by atoms with Gasteiger partial charge in [-0.2, -0.15) is 5.26 Å². The highest BCUT2D eigenvalue weighted by atomic mass is 35.5. The van der Waals surface area contributed by atoms with Crippen molar-refractivity contribution in [2.45, 2.75) is 4.90 Å². The molecule has 0 radical (unpaired) electrons. The zero-order valence-electron chi connectivity index (χ0n) is 23.4. The number of rotatable bonds is 6. The van der Waals surface area contributed by atoms with E-state index in [2.05, 4.69) is 10.9 Å². The molecule has 0 saturated heterocycles. The number of carboxylic acid groups (broad SMARTS) is 1. The second kappa shape index (κ2) is 11.8. The fraction of sp³-hybridized carbons (Fsp3) is 0. The molecule has 0 unspecified atom stereocenters. The molecule has 7 nitrogen and oxygen atoms in total. The largest absolute Gasteiger partial charge is 0.478 e. The Morgan fingerprint density at radius 1 is 0.891 bits per heavy atom. The van der Waals surface area contributed by atoms with Gasteiger partial charge in [0.05, 0.1) is 34.3 Å². The minimum absolute atomic E-state index is 0.0109. The van der Waals surface area contributed by atoms with Crippen LogP contribution >= 0.6 is 23.2 Å². The molecule has 0 aliphatic rings. The van der Waals surface area contributed by atoms with E-state index in [1.807, 2.05) is 0 Å². The molecule has 6 aromatic rings. The molecule has 5 aromatic carbocycles. The number of carbonyl (C=O) groups is 1. The molecule has 0 spiro atoms. The summed E-state index contributed by atoms with van der Waals surface area (Å²) in [5.41, 5.74) is 1.97. The number of carboxylic acids is 1. The lowest BCUT2D eigenvalue weighted by Crippen LogP contribution is -2.14. The average Bonchev–Trinajstić information content (AvgIpc) is 3.39. The summed E-state index contributed by atoms with van der Waals surface area (Å²) >= 11 is 12.6. The first-order chi connectivity index (χ1) is 22.0. The molecular weight excluding hydrogens is 648 g/mol. The molecule has 224 valence electrons. The van der Waals surface area contributed by atoms with E-state index in [0.29, 0.717) is 21.7 Å². The predicted molar refractivity (Wildman–Crippen MR) is 175 cm³/mol. The van der Waals surface area contributed by atoms with Gasteiger partial charge in [-0.15, -0.1) is 0 Å². The molecule has 0 fully saturated rings. The Hall–Kier alpha value is -5.45. The topological polar surface area (TPSA) is 105 Å². The molecule has 6 rings (SSSR count). The molecule has 11 heteroatoms. The van der Waals surface area contributed by atoms with Gasteiger partial charge < -0.3 is 5.11 Å². The van der Waals surface area contributed by atoms with Gasteiger partial charge in [-0.3, -0.25) is 0 Å². The maximum Gasteiger partial charge on any atom is 0.335 e. The van der Waals surface area contributed by atoms with Crippen molar-refractivity contribution in [1.29, 1.82) is 5.26 Å². The highest BCUT2D eigenvalue weighted by Gasteiger charge is 2.31. The quantitative estimate of drug-likeness (QED) is 0.178. The lowest BCUT2D eigenvalue weighted by Gasteiger charge is -2.16. The predicted octanol–water partition coefficient (Wildman–Crippen LogP) is 9.45. The van der Waals surface area contributed by atoms with E-state index in [1.165, 1.54) is 60.7 Å². The maximum atomic E-state index is 15.0. The molecule has 0 aliphatic carbocycles. The Labute approximate surface area is 272 Å². The Kier molecular flexibility index (Phi) is 7.85. The normalized spacial score (nSPS) is 11.2. The van der Waals surface area contributed by atoms with Crippen LogP contribution in [0, 0.1) is 23.7 Å². The zero-order valence-corrected chi connectivity index (χ0v) is 25.7. The van der Waals surface area contributed by atoms with Crippen LogP contribution in [-0.4, -0.2) is 23.5 Å². The number of benzene rings is 5. The number of hydrogen-bond acceptors (Lipinski definition) is 4. The summed E-state index contributed by atoms with van der Waals surface area (Å²) < 4.78 is 45.1. The molecule has 0 bridgehead atoms. The van der Waals surface area contributed by atoms with E-state index in [0.717, 1.165) is 10.0 Å². The molecule has 0 saturated carbocycles. The summed E-state index contributed by atoms with van der Waals surface area (Å²) in [7, 11) is -4.42. The van der Waals surface area contributed by atoms with E-state index in [1.54, 1.807) is 36.4 Å². The maximum absolute atomic E-state index is 15.0. The SMILES string of the molecule is [C-]#[N+]c1cccc(C#N)c1-c1c(-c2cccc(-c3ccc(C(=O)O)cc3Cl)c2)n(S(=O)(=O)c2ccc(Cl)cc2)c2ccc(F)cc12. The standard InChI is InChI=1S/C35H18Cl2FN3O4S/c1-40-30-7-3-6-23(19-39)32(30)33-28-18-25(38)11-15-31(28)41(46(44,45)26-12-9-24(36)10-13-26)34(33)21-5-2-4-20(16-21)27-14-8-22(35(42)43)17-29(27)37/h2-18H,(H,42,43). The van der Waals surface area contributed by atoms with Gasteiger partial charge in [0.15, 0.2) is 5.69 Å². The Bertz CT molecular complexity index is 2390. The smallest absolute Gasteiger partial charge is 0.335 e. The first-order valence-corrected chi connectivity index (χ1v) is 15.6. The van der Waals surface area contributed by atoms with Gasteiger partial charge in [-0.25, -0.2) is 26.4 Å². The van der Waals surface area contributed by atoms with Gasteiger partial charge >= 0.3 is 5.97 Å². The van der Waals surface area contributed by atoms with E-state index in [-0.39, 0.29) is 54.5 Å². The van der Waals surface area contributed by atoms with E-state index in [9.17, 15) is 28.0 Å². The zero-order chi connectivity index (χ0) is 32.7. The third kappa shape index (κ3) is 5.17. The van der Waals surface area contributed by atoms with Crippen LogP contribution in [-0.2, 0) is 10.0 Å². The van der Waals surface area contributed by atoms with E-state index >= 15 is 0 Å². The monoisotopic (exact) mass is 665 g/mol. The molecule has 0 amide bonds. The van der Waals surface area contributed by atoms with Crippen molar-refractivity contribution in [3.63, 3.8) is 0 Å². The van der Waals surface area contributed by atoms with Crippen LogP contribution in [0.1, 0.15) is 15.9 Å². The number of fused-ring (bicyclic) bond motifs is 1. The van der Waals surface area contributed by atoms with Crippen LogP contribution in [0.25, 0.3) is 49.3 Å². The Balaban J connectivity index is 1.78. The highest BCUT2D eigenvalue weighted by molar-refractivity contribution is 7.90. The molecule has 0 atom stereocenters. The second-order valence-corrected chi connectivity index (χ2v) is 12.7. The highest BCUT2D eigenvalue weighted by Crippen LogP contribution is 2.48. The van der Waals surface area contributed by atoms with Gasteiger partial charge in [-0.1, -0.05) is 59.6 Å². The molecule has 1 aromatic heterocycles. The van der Waals surface area contributed by atoms with Crippen molar-refractivity contribution < 1.29 is 22.7 Å².